The Morgan fingerprint density at radius 3 is 2.83 bits per heavy atom. The van der Waals surface area contributed by atoms with Crippen molar-refractivity contribution in [2.24, 2.45) is 0 Å². The van der Waals surface area contributed by atoms with Crippen LogP contribution in [0.25, 0.3) is 0 Å². The number of carbonyl (C=O) groups excluding carboxylic acids is 1. The van der Waals surface area contributed by atoms with E-state index in [1.54, 1.807) is 12.1 Å². The van der Waals surface area contributed by atoms with Gasteiger partial charge in [0.15, 0.2) is 0 Å². The maximum absolute atomic E-state index is 11.1. The Hall–Kier alpha value is -1.34. The predicted octanol–water partition coefficient (Wildman–Crippen LogP) is 2.95. The molecule has 1 saturated heterocycles. The highest BCUT2D eigenvalue weighted by molar-refractivity contribution is 9.10. The van der Waals surface area contributed by atoms with E-state index < -0.39 is 11.0 Å². The Balaban J connectivity index is 0.00000162. The molecule has 1 aliphatic rings. The summed E-state index contributed by atoms with van der Waals surface area (Å²) in [6.45, 7) is 0.320. The lowest BCUT2D eigenvalue weighted by atomic mass is 10.0. The second-order valence-corrected chi connectivity index (χ2v) is 4.44. The Kier molecular flexibility index (Phi) is 4.92. The topological polar surface area (TPSA) is 81.5 Å². The molecular weight excluding hydrogens is 327 g/mol. The zero-order valence-electron chi connectivity index (χ0n) is 9.09. The van der Waals surface area contributed by atoms with Gasteiger partial charge in [0, 0.05) is 12.5 Å². The number of nitro benzene ring substituents is 1. The van der Waals surface area contributed by atoms with E-state index in [0.29, 0.717) is 23.1 Å². The number of amides is 1. The van der Waals surface area contributed by atoms with Gasteiger partial charge in [-0.15, -0.1) is 12.4 Å². The summed E-state index contributed by atoms with van der Waals surface area (Å²) in [5.41, 5.74) is 0.694. The van der Waals surface area contributed by atoms with E-state index >= 15 is 0 Å². The highest BCUT2D eigenvalue weighted by Crippen LogP contribution is 2.29. The fraction of sp³-hybridized carbons (Fsp3) is 0.300. The number of benzene rings is 1. The average molecular weight is 338 g/mol. The lowest BCUT2D eigenvalue weighted by molar-refractivity contribution is -0.385. The highest BCUT2D eigenvalue weighted by atomic mass is 79.9. The van der Waals surface area contributed by atoms with Crippen molar-refractivity contribution in [3.63, 3.8) is 0 Å². The van der Waals surface area contributed by atoms with E-state index in [1.165, 1.54) is 6.07 Å². The van der Waals surface area contributed by atoms with Crippen LogP contribution in [0.15, 0.2) is 22.7 Å². The van der Waals surface area contributed by atoms with Gasteiger partial charge in [0.05, 0.1) is 22.0 Å². The summed E-state index contributed by atoms with van der Waals surface area (Å²) in [5.74, 6) is 0. The molecule has 1 aliphatic heterocycles. The van der Waals surface area contributed by atoms with Gasteiger partial charge in [-0.3, -0.25) is 10.1 Å². The summed E-state index contributed by atoms with van der Waals surface area (Å²) in [6.07, 6.45) is 0.108. The summed E-state index contributed by atoms with van der Waals surface area (Å²) >= 11 is 3.11. The molecule has 1 aromatic rings. The Morgan fingerprint density at radius 2 is 2.22 bits per heavy atom. The number of hydrogen-bond donors (Lipinski definition) is 1. The van der Waals surface area contributed by atoms with Crippen molar-refractivity contribution in [1.82, 2.24) is 5.32 Å². The molecule has 98 valence electrons. The van der Waals surface area contributed by atoms with Gasteiger partial charge in [0.25, 0.3) is 5.69 Å². The third-order valence-electron chi connectivity index (χ3n) is 2.50. The SMILES string of the molecule is Cl.O=C1N[C@@H](c2ccc(Br)c([N+](=O)[O-])c2)CCO1. The summed E-state index contributed by atoms with van der Waals surface area (Å²) < 4.78 is 5.16. The van der Waals surface area contributed by atoms with Crippen LogP contribution in [-0.4, -0.2) is 17.6 Å². The number of nitrogens with one attached hydrogen (secondary N) is 1. The molecule has 18 heavy (non-hydrogen) atoms. The van der Waals surface area contributed by atoms with Gasteiger partial charge in [-0.25, -0.2) is 4.79 Å². The van der Waals surface area contributed by atoms with Crippen LogP contribution in [0.5, 0.6) is 0 Å². The Labute approximate surface area is 117 Å². The zero-order valence-corrected chi connectivity index (χ0v) is 11.5. The number of halogens is 2. The molecular formula is C10H10BrClN2O4. The molecule has 0 aliphatic carbocycles. The molecule has 0 saturated carbocycles. The number of ether oxygens (including phenoxy) is 1. The molecule has 2 rings (SSSR count). The number of rotatable bonds is 2. The molecule has 0 aromatic heterocycles. The summed E-state index contributed by atoms with van der Waals surface area (Å²) in [6, 6.07) is 4.58. The molecule has 0 radical (unpaired) electrons. The second-order valence-electron chi connectivity index (χ2n) is 3.59. The first-order chi connectivity index (χ1) is 8.08. The molecule has 0 spiro atoms. The molecule has 1 aromatic carbocycles. The average Bonchev–Trinajstić information content (AvgIpc) is 2.29. The summed E-state index contributed by atoms with van der Waals surface area (Å²) in [7, 11) is 0. The van der Waals surface area contributed by atoms with Gasteiger partial charge in [-0.05, 0) is 27.6 Å². The van der Waals surface area contributed by atoms with Crippen LogP contribution < -0.4 is 5.32 Å². The number of alkyl carbamates (subject to hydrolysis) is 1. The van der Waals surface area contributed by atoms with Crippen molar-refractivity contribution in [3.05, 3.63) is 38.3 Å². The van der Waals surface area contributed by atoms with Gasteiger partial charge in [0.2, 0.25) is 0 Å². The largest absolute Gasteiger partial charge is 0.449 e. The van der Waals surface area contributed by atoms with Crippen molar-refractivity contribution in [3.8, 4) is 0 Å². The van der Waals surface area contributed by atoms with Gasteiger partial charge in [-0.2, -0.15) is 0 Å². The first-order valence-corrected chi connectivity index (χ1v) is 5.74. The maximum Gasteiger partial charge on any atom is 0.407 e. The van der Waals surface area contributed by atoms with Gasteiger partial charge in [-0.1, -0.05) is 6.07 Å². The second kappa shape index (κ2) is 6.01. The van der Waals surface area contributed by atoms with Crippen LogP contribution in [0.2, 0.25) is 0 Å². The molecule has 0 unspecified atom stereocenters. The lowest BCUT2D eigenvalue weighted by Crippen LogP contribution is -2.35. The van der Waals surface area contributed by atoms with Crippen LogP contribution in [-0.2, 0) is 4.74 Å². The van der Waals surface area contributed by atoms with Crippen LogP contribution >= 0.6 is 28.3 Å². The van der Waals surface area contributed by atoms with Crippen molar-refractivity contribution in [2.45, 2.75) is 12.5 Å². The molecule has 1 heterocycles. The Bertz CT molecular complexity index is 483. The summed E-state index contributed by atoms with van der Waals surface area (Å²) in [4.78, 5) is 21.4. The van der Waals surface area contributed by atoms with E-state index in [4.69, 9.17) is 4.74 Å². The summed E-state index contributed by atoms with van der Waals surface area (Å²) in [5, 5.41) is 13.4. The van der Waals surface area contributed by atoms with E-state index in [9.17, 15) is 14.9 Å². The number of nitrogens with zero attached hydrogens (tertiary/aromatic N) is 1. The Morgan fingerprint density at radius 1 is 1.50 bits per heavy atom. The number of hydrogen-bond acceptors (Lipinski definition) is 4. The maximum atomic E-state index is 11.1. The van der Waals surface area contributed by atoms with Crippen LogP contribution in [0, 0.1) is 10.1 Å². The molecule has 0 bridgehead atoms. The van der Waals surface area contributed by atoms with Gasteiger partial charge < -0.3 is 10.1 Å². The monoisotopic (exact) mass is 336 g/mol. The number of cyclic esters (lactones) is 1. The van der Waals surface area contributed by atoms with Crippen molar-refractivity contribution in [2.75, 3.05) is 6.61 Å². The van der Waals surface area contributed by atoms with E-state index in [2.05, 4.69) is 21.2 Å². The smallest absolute Gasteiger partial charge is 0.407 e. The lowest BCUT2D eigenvalue weighted by Gasteiger charge is -2.23. The highest BCUT2D eigenvalue weighted by Gasteiger charge is 2.23. The molecule has 1 fully saturated rings. The van der Waals surface area contributed by atoms with Gasteiger partial charge in [0.1, 0.15) is 0 Å². The van der Waals surface area contributed by atoms with Crippen LogP contribution in [0.4, 0.5) is 10.5 Å². The minimum atomic E-state index is -0.494. The van der Waals surface area contributed by atoms with Crippen molar-refractivity contribution < 1.29 is 14.5 Å². The van der Waals surface area contributed by atoms with E-state index in [1.807, 2.05) is 0 Å². The third-order valence-corrected chi connectivity index (χ3v) is 3.17. The molecule has 1 N–H and O–H groups in total. The predicted molar refractivity (Wildman–Crippen MR) is 69.9 cm³/mol. The van der Waals surface area contributed by atoms with Crippen molar-refractivity contribution >= 4 is 40.1 Å². The van der Waals surface area contributed by atoms with Crippen LogP contribution in [0.3, 0.4) is 0 Å². The van der Waals surface area contributed by atoms with Crippen molar-refractivity contribution in [1.29, 1.82) is 0 Å². The zero-order chi connectivity index (χ0) is 12.4. The van der Waals surface area contributed by atoms with E-state index in [0.717, 1.165) is 0 Å². The minimum absolute atomic E-state index is 0. The molecule has 6 nitrogen and oxygen atoms in total. The standard InChI is InChI=1S/C10H9BrN2O4.ClH/c11-7-2-1-6(5-9(7)13(15)16)8-3-4-17-10(14)12-8;/h1-2,5,8H,3-4H2,(H,12,14);1H/t8-;/m1./s1. The molecule has 1 amide bonds. The third kappa shape index (κ3) is 3.11. The molecule has 1 atom stereocenters. The normalized spacial score (nSPS) is 18.3. The number of nitro groups is 1. The molecule has 8 heteroatoms. The minimum Gasteiger partial charge on any atom is -0.449 e. The fourth-order valence-corrected chi connectivity index (χ4v) is 2.05. The fourth-order valence-electron chi connectivity index (χ4n) is 1.66. The van der Waals surface area contributed by atoms with E-state index in [-0.39, 0.29) is 24.1 Å². The first-order valence-electron chi connectivity index (χ1n) is 4.95. The number of carbonyl (C=O) groups is 1. The van der Waals surface area contributed by atoms with Crippen LogP contribution in [0.1, 0.15) is 18.0 Å². The first kappa shape index (κ1) is 14.7. The quantitative estimate of drug-likeness (QED) is 0.664. The van der Waals surface area contributed by atoms with Gasteiger partial charge >= 0.3 is 6.09 Å².